The number of rotatable bonds is 5. The maximum absolute atomic E-state index is 4.38. The maximum atomic E-state index is 4.38. The highest BCUT2D eigenvalue weighted by atomic mass is 15.3. The van der Waals surface area contributed by atoms with Crippen LogP contribution in [-0.2, 0) is 6.54 Å². The second-order valence-corrected chi connectivity index (χ2v) is 4.81. The maximum Gasteiger partial charge on any atom is 0.147 e. The fraction of sp³-hybridized carbons (Fsp3) is 0.818. The van der Waals surface area contributed by atoms with Crippen LogP contribution in [0.25, 0.3) is 0 Å². The second-order valence-electron chi connectivity index (χ2n) is 4.81. The molecule has 1 N–H and O–H groups in total. The van der Waals surface area contributed by atoms with E-state index in [1.54, 1.807) is 0 Å². The molecule has 0 atom stereocenters. The number of hydrogen-bond donors (Lipinski definition) is 1. The Morgan fingerprint density at radius 2 is 2.00 bits per heavy atom. The number of hydrogen-bond acceptors (Lipinski definition) is 3. The van der Waals surface area contributed by atoms with Crippen LogP contribution in [0.1, 0.15) is 32.4 Å². The highest BCUT2D eigenvalue weighted by molar-refractivity contribution is 4.89. The first-order valence-corrected chi connectivity index (χ1v) is 5.53. The lowest BCUT2D eigenvalue weighted by Crippen LogP contribution is -2.33. The van der Waals surface area contributed by atoms with Crippen LogP contribution in [0.15, 0.2) is 0 Å². The Labute approximate surface area is 92.1 Å². The van der Waals surface area contributed by atoms with Crippen molar-refractivity contribution in [3.05, 3.63) is 11.6 Å². The van der Waals surface area contributed by atoms with Gasteiger partial charge in [0.1, 0.15) is 11.6 Å². The molecule has 0 saturated heterocycles. The van der Waals surface area contributed by atoms with Crippen molar-refractivity contribution in [2.24, 2.45) is 5.41 Å². The van der Waals surface area contributed by atoms with Gasteiger partial charge in [-0.25, -0.2) is 9.67 Å². The third-order valence-electron chi connectivity index (χ3n) is 2.39. The summed E-state index contributed by atoms with van der Waals surface area (Å²) in [6.45, 7) is 13.5. The molecule has 0 saturated carbocycles. The van der Waals surface area contributed by atoms with Crippen molar-refractivity contribution in [1.82, 2.24) is 20.1 Å². The molecule has 15 heavy (non-hydrogen) atoms. The van der Waals surface area contributed by atoms with Gasteiger partial charge >= 0.3 is 0 Å². The summed E-state index contributed by atoms with van der Waals surface area (Å²) in [6.07, 6.45) is 0. The molecule has 4 heteroatoms. The van der Waals surface area contributed by atoms with Gasteiger partial charge < -0.3 is 5.32 Å². The van der Waals surface area contributed by atoms with Crippen molar-refractivity contribution < 1.29 is 0 Å². The van der Waals surface area contributed by atoms with Crippen LogP contribution in [0.5, 0.6) is 0 Å². The molecule has 0 fully saturated rings. The lowest BCUT2D eigenvalue weighted by atomic mass is 9.93. The quantitative estimate of drug-likeness (QED) is 0.801. The first-order valence-electron chi connectivity index (χ1n) is 5.53. The van der Waals surface area contributed by atoms with Gasteiger partial charge in [-0.15, -0.1) is 0 Å². The normalized spacial score (nSPS) is 12.1. The molecule has 0 amide bonds. The van der Waals surface area contributed by atoms with Crippen LogP contribution < -0.4 is 5.32 Å². The van der Waals surface area contributed by atoms with E-state index in [1.165, 1.54) is 0 Å². The molecule has 0 aliphatic carbocycles. The van der Waals surface area contributed by atoms with E-state index in [9.17, 15) is 0 Å². The SMILES string of the molecule is CCNCC(C)(C)Cn1nc(C)nc1C. The molecule has 1 heterocycles. The third kappa shape index (κ3) is 3.63. The molecule has 1 aromatic rings. The lowest BCUT2D eigenvalue weighted by molar-refractivity contribution is 0.275. The molecule has 1 aromatic heterocycles. The fourth-order valence-corrected chi connectivity index (χ4v) is 1.64. The van der Waals surface area contributed by atoms with E-state index < -0.39 is 0 Å². The van der Waals surface area contributed by atoms with Gasteiger partial charge in [0.2, 0.25) is 0 Å². The third-order valence-corrected chi connectivity index (χ3v) is 2.39. The van der Waals surface area contributed by atoms with Crippen LogP contribution in [0.3, 0.4) is 0 Å². The Kier molecular flexibility index (Phi) is 3.85. The van der Waals surface area contributed by atoms with Crippen LogP contribution in [0, 0.1) is 19.3 Å². The van der Waals surface area contributed by atoms with Crippen molar-refractivity contribution in [3.8, 4) is 0 Å². The average Bonchev–Trinajstić information content (AvgIpc) is 2.41. The molecule has 0 aromatic carbocycles. The molecule has 0 aliphatic rings. The molecule has 0 bridgehead atoms. The van der Waals surface area contributed by atoms with Gasteiger partial charge in [-0.2, -0.15) is 5.10 Å². The smallest absolute Gasteiger partial charge is 0.147 e. The van der Waals surface area contributed by atoms with E-state index in [0.29, 0.717) is 0 Å². The van der Waals surface area contributed by atoms with Gasteiger partial charge in [-0.3, -0.25) is 0 Å². The highest BCUT2D eigenvalue weighted by Crippen LogP contribution is 2.17. The molecule has 0 unspecified atom stereocenters. The van der Waals surface area contributed by atoms with E-state index in [0.717, 1.165) is 31.3 Å². The molecule has 86 valence electrons. The largest absolute Gasteiger partial charge is 0.316 e. The molecule has 1 rings (SSSR count). The van der Waals surface area contributed by atoms with Gasteiger partial charge in [0.15, 0.2) is 0 Å². The Hall–Kier alpha value is -0.900. The summed E-state index contributed by atoms with van der Waals surface area (Å²) in [5.41, 5.74) is 0.209. The lowest BCUT2D eigenvalue weighted by Gasteiger charge is -2.25. The average molecular weight is 210 g/mol. The molecular weight excluding hydrogens is 188 g/mol. The molecule has 4 nitrogen and oxygen atoms in total. The molecule has 0 aliphatic heterocycles. The highest BCUT2D eigenvalue weighted by Gasteiger charge is 2.19. The fourth-order valence-electron chi connectivity index (χ4n) is 1.64. The summed E-state index contributed by atoms with van der Waals surface area (Å²) in [4.78, 5) is 4.31. The number of nitrogens with one attached hydrogen (secondary N) is 1. The Balaban J connectivity index is 2.63. The minimum absolute atomic E-state index is 0.209. The summed E-state index contributed by atoms with van der Waals surface area (Å²) < 4.78 is 1.99. The topological polar surface area (TPSA) is 42.7 Å². The van der Waals surface area contributed by atoms with Crippen molar-refractivity contribution in [2.45, 2.75) is 41.2 Å². The summed E-state index contributed by atoms with van der Waals surface area (Å²) >= 11 is 0. The first-order chi connectivity index (χ1) is 6.94. The zero-order valence-corrected chi connectivity index (χ0v) is 10.5. The molecule has 0 radical (unpaired) electrons. The van der Waals surface area contributed by atoms with Crippen molar-refractivity contribution in [1.29, 1.82) is 0 Å². The summed E-state index contributed by atoms with van der Waals surface area (Å²) in [5, 5.41) is 7.75. The molecule has 0 spiro atoms. The van der Waals surface area contributed by atoms with Crippen molar-refractivity contribution >= 4 is 0 Å². The van der Waals surface area contributed by atoms with Crippen molar-refractivity contribution in [3.63, 3.8) is 0 Å². The zero-order chi connectivity index (χ0) is 11.5. The van der Waals surface area contributed by atoms with Crippen molar-refractivity contribution in [2.75, 3.05) is 13.1 Å². The van der Waals surface area contributed by atoms with Crippen LogP contribution in [-0.4, -0.2) is 27.9 Å². The van der Waals surface area contributed by atoms with E-state index in [4.69, 9.17) is 0 Å². The zero-order valence-electron chi connectivity index (χ0n) is 10.5. The molecular formula is C11H22N4. The predicted molar refractivity (Wildman–Crippen MR) is 61.8 cm³/mol. The second kappa shape index (κ2) is 4.75. The van der Waals surface area contributed by atoms with Gasteiger partial charge in [0, 0.05) is 13.1 Å². The van der Waals surface area contributed by atoms with Crippen LogP contribution >= 0.6 is 0 Å². The number of nitrogens with zero attached hydrogens (tertiary/aromatic N) is 3. The standard InChI is InChI=1S/C11H22N4/c1-6-12-7-11(4,5)8-15-10(3)13-9(2)14-15/h12H,6-8H2,1-5H3. The van der Waals surface area contributed by atoms with E-state index in [-0.39, 0.29) is 5.41 Å². The monoisotopic (exact) mass is 210 g/mol. The van der Waals surface area contributed by atoms with Gasteiger partial charge in [0.05, 0.1) is 0 Å². The Morgan fingerprint density at radius 3 is 2.47 bits per heavy atom. The van der Waals surface area contributed by atoms with Gasteiger partial charge in [-0.1, -0.05) is 20.8 Å². The van der Waals surface area contributed by atoms with Crippen LogP contribution in [0.4, 0.5) is 0 Å². The number of aryl methyl sites for hydroxylation is 2. The van der Waals surface area contributed by atoms with E-state index in [2.05, 4.69) is 36.2 Å². The first kappa shape index (κ1) is 12.2. The number of aromatic nitrogens is 3. The summed E-state index contributed by atoms with van der Waals surface area (Å²) in [5.74, 6) is 1.85. The van der Waals surface area contributed by atoms with Gasteiger partial charge in [-0.05, 0) is 25.8 Å². The predicted octanol–water partition coefficient (Wildman–Crippen LogP) is 1.53. The summed E-state index contributed by atoms with van der Waals surface area (Å²) in [7, 11) is 0. The minimum atomic E-state index is 0.209. The minimum Gasteiger partial charge on any atom is -0.316 e. The van der Waals surface area contributed by atoms with Gasteiger partial charge in [0.25, 0.3) is 0 Å². The van der Waals surface area contributed by atoms with E-state index >= 15 is 0 Å². The Morgan fingerprint density at radius 1 is 1.33 bits per heavy atom. The van der Waals surface area contributed by atoms with E-state index in [1.807, 2.05) is 18.5 Å². The summed E-state index contributed by atoms with van der Waals surface area (Å²) in [6, 6.07) is 0. The van der Waals surface area contributed by atoms with Crippen LogP contribution in [0.2, 0.25) is 0 Å². The Bertz CT molecular complexity index is 314.